The molecule has 4 heteroatoms. The number of hydrogen-bond donors (Lipinski definition) is 1. The molecule has 1 aromatic rings. The largest absolute Gasteiger partial charge is 0.482 e. The van der Waals surface area contributed by atoms with Crippen molar-refractivity contribution in [2.45, 2.75) is 6.92 Å². The Hall–Kier alpha value is -1.22. The van der Waals surface area contributed by atoms with Gasteiger partial charge in [0.1, 0.15) is 11.4 Å². The second-order valence-electron chi connectivity index (χ2n) is 2.91. The molecule has 68 valence electrons. The Morgan fingerprint density at radius 3 is 3.08 bits per heavy atom. The standard InChI is InChI=1S/C9H8ClNO2/c1-5-2-3-6-9(8(5)10)11-7(12)4-13-6/h2-3H,4H2,1H3,(H,11,12). The number of carbonyl (C=O) groups is 1. The van der Waals surface area contributed by atoms with E-state index in [1.165, 1.54) is 0 Å². The van der Waals surface area contributed by atoms with E-state index in [0.29, 0.717) is 16.5 Å². The summed E-state index contributed by atoms with van der Waals surface area (Å²) in [5.74, 6) is 0.468. The predicted molar refractivity (Wildman–Crippen MR) is 50.3 cm³/mol. The van der Waals surface area contributed by atoms with Gasteiger partial charge in [-0.05, 0) is 18.6 Å². The molecule has 0 saturated heterocycles. The van der Waals surface area contributed by atoms with Crippen molar-refractivity contribution < 1.29 is 9.53 Å². The first-order valence-electron chi connectivity index (χ1n) is 3.90. The van der Waals surface area contributed by atoms with E-state index in [2.05, 4.69) is 5.32 Å². The van der Waals surface area contributed by atoms with Crippen LogP contribution in [0.2, 0.25) is 5.02 Å². The Labute approximate surface area is 80.6 Å². The fourth-order valence-corrected chi connectivity index (χ4v) is 1.42. The molecule has 1 aromatic carbocycles. The number of benzene rings is 1. The fraction of sp³-hybridized carbons (Fsp3) is 0.222. The summed E-state index contributed by atoms with van der Waals surface area (Å²) in [7, 11) is 0. The number of nitrogens with one attached hydrogen (secondary N) is 1. The van der Waals surface area contributed by atoms with Crippen molar-refractivity contribution >= 4 is 23.2 Å². The maximum Gasteiger partial charge on any atom is 0.262 e. The molecule has 3 nitrogen and oxygen atoms in total. The number of carbonyl (C=O) groups excluding carboxylic acids is 1. The summed E-state index contributed by atoms with van der Waals surface area (Å²) < 4.78 is 5.18. The molecule has 1 heterocycles. The molecule has 13 heavy (non-hydrogen) atoms. The summed E-state index contributed by atoms with van der Waals surface area (Å²) in [5, 5.41) is 3.22. The summed E-state index contributed by atoms with van der Waals surface area (Å²) in [6.45, 7) is 1.94. The van der Waals surface area contributed by atoms with Crippen LogP contribution >= 0.6 is 11.6 Å². The molecule has 1 aliphatic rings. The number of fused-ring (bicyclic) bond motifs is 1. The number of anilines is 1. The monoisotopic (exact) mass is 197 g/mol. The molecule has 0 saturated carbocycles. The maximum absolute atomic E-state index is 11.0. The van der Waals surface area contributed by atoms with E-state index in [4.69, 9.17) is 16.3 Å². The quantitative estimate of drug-likeness (QED) is 0.691. The lowest BCUT2D eigenvalue weighted by Crippen LogP contribution is -2.25. The summed E-state index contributed by atoms with van der Waals surface area (Å²) in [6.07, 6.45) is 0. The number of rotatable bonds is 0. The third-order valence-corrected chi connectivity index (χ3v) is 2.41. The van der Waals surface area contributed by atoms with Gasteiger partial charge >= 0.3 is 0 Å². The molecule has 0 radical (unpaired) electrons. The molecule has 0 bridgehead atoms. The van der Waals surface area contributed by atoms with Gasteiger partial charge in [0.15, 0.2) is 6.61 Å². The van der Waals surface area contributed by atoms with Crippen molar-refractivity contribution in [1.29, 1.82) is 0 Å². The highest BCUT2D eigenvalue weighted by atomic mass is 35.5. The van der Waals surface area contributed by atoms with Gasteiger partial charge in [0.25, 0.3) is 5.91 Å². The minimum absolute atomic E-state index is 0.0619. The van der Waals surface area contributed by atoms with Gasteiger partial charge in [0, 0.05) is 0 Å². The minimum Gasteiger partial charge on any atom is -0.482 e. The predicted octanol–water partition coefficient (Wildman–Crippen LogP) is 1.98. The van der Waals surface area contributed by atoms with E-state index >= 15 is 0 Å². The van der Waals surface area contributed by atoms with Gasteiger partial charge < -0.3 is 10.1 Å². The molecular formula is C9H8ClNO2. The molecule has 1 aliphatic heterocycles. The zero-order chi connectivity index (χ0) is 9.42. The molecule has 0 aliphatic carbocycles. The van der Waals surface area contributed by atoms with E-state index in [-0.39, 0.29) is 12.5 Å². The summed E-state index contributed by atoms with van der Waals surface area (Å²) in [4.78, 5) is 11.0. The number of ether oxygens (including phenoxy) is 1. The lowest BCUT2D eigenvalue weighted by Gasteiger charge is -2.19. The normalized spacial score (nSPS) is 14.5. The van der Waals surface area contributed by atoms with Crippen molar-refractivity contribution in [2.24, 2.45) is 0 Å². The first-order valence-corrected chi connectivity index (χ1v) is 4.28. The molecule has 1 amide bonds. The molecule has 0 fully saturated rings. The smallest absolute Gasteiger partial charge is 0.262 e. The first kappa shape index (κ1) is 8.38. The lowest BCUT2D eigenvalue weighted by atomic mass is 10.2. The Bertz CT molecular complexity index is 376. The van der Waals surface area contributed by atoms with Crippen molar-refractivity contribution in [1.82, 2.24) is 0 Å². The van der Waals surface area contributed by atoms with Gasteiger partial charge in [-0.1, -0.05) is 17.7 Å². The van der Waals surface area contributed by atoms with Gasteiger partial charge in [-0.25, -0.2) is 0 Å². The van der Waals surface area contributed by atoms with E-state index in [9.17, 15) is 4.79 Å². The van der Waals surface area contributed by atoms with Gasteiger partial charge in [-0.2, -0.15) is 0 Å². The van der Waals surface area contributed by atoms with Crippen molar-refractivity contribution in [3.63, 3.8) is 0 Å². The highest BCUT2D eigenvalue weighted by molar-refractivity contribution is 6.35. The molecule has 2 rings (SSSR count). The van der Waals surface area contributed by atoms with Gasteiger partial charge in [0.2, 0.25) is 0 Å². The molecule has 0 spiro atoms. The topological polar surface area (TPSA) is 38.3 Å². The molecule has 0 aromatic heterocycles. The van der Waals surface area contributed by atoms with Crippen LogP contribution in [0.15, 0.2) is 12.1 Å². The highest BCUT2D eigenvalue weighted by Crippen LogP contribution is 2.36. The average Bonchev–Trinajstić information content (AvgIpc) is 2.12. The molecule has 0 unspecified atom stereocenters. The van der Waals surface area contributed by atoms with Crippen LogP contribution in [-0.2, 0) is 4.79 Å². The summed E-state index contributed by atoms with van der Waals surface area (Å²) in [6, 6.07) is 3.66. The third kappa shape index (κ3) is 1.35. The second-order valence-corrected chi connectivity index (χ2v) is 3.28. The zero-order valence-corrected chi connectivity index (χ0v) is 7.81. The second kappa shape index (κ2) is 2.92. The lowest BCUT2D eigenvalue weighted by molar-refractivity contribution is -0.118. The third-order valence-electron chi connectivity index (χ3n) is 1.92. The van der Waals surface area contributed by atoms with Gasteiger partial charge in [-0.15, -0.1) is 0 Å². The van der Waals surface area contributed by atoms with Crippen molar-refractivity contribution in [3.8, 4) is 5.75 Å². The molecule has 1 N–H and O–H groups in total. The Balaban J connectivity index is 2.54. The fourth-order valence-electron chi connectivity index (χ4n) is 1.22. The summed E-state index contributed by atoms with van der Waals surface area (Å²) >= 11 is 5.98. The van der Waals surface area contributed by atoms with Crippen LogP contribution in [0.1, 0.15) is 5.56 Å². The van der Waals surface area contributed by atoms with Crippen LogP contribution in [-0.4, -0.2) is 12.5 Å². The SMILES string of the molecule is Cc1ccc2c(c1Cl)NC(=O)CO2. The van der Waals surface area contributed by atoms with Crippen LogP contribution in [0.3, 0.4) is 0 Å². The van der Waals surface area contributed by atoms with Crippen LogP contribution < -0.4 is 10.1 Å². The van der Waals surface area contributed by atoms with Crippen LogP contribution in [0.5, 0.6) is 5.75 Å². The van der Waals surface area contributed by atoms with Crippen LogP contribution in [0.4, 0.5) is 5.69 Å². The zero-order valence-electron chi connectivity index (χ0n) is 7.06. The van der Waals surface area contributed by atoms with Crippen LogP contribution in [0.25, 0.3) is 0 Å². The number of aryl methyl sites for hydroxylation is 1. The minimum atomic E-state index is -0.167. The Morgan fingerprint density at radius 1 is 1.54 bits per heavy atom. The van der Waals surface area contributed by atoms with Gasteiger partial charge in [-0.3, -0.25) is 4.79 Å². The highest BCUT2D eigenvalue weighted by Gasteiger charge is 2.19. The Kier molecular flexibility index (Phi) is 1.88. The Morgan fingerprint density at radius 2 is 2.31 bits per heavy atom. The molecule has 0 atom stereocenters. The number of halogens is 1. The average molecular weight is 198 g/mol. The maximum atomic E-state index is 11.0. The van der Waals surface area contributed by atoms with E-state index in [1.807, 2.05) is 13.0 Å². The van der Waals surface area contributed by atoms with Crippen molar-refractivity contribution in [3.05, 3.63) is 22.7 Å². The van der Waals surface area contributed by atoms with Crippen LogP contribution in [0, 0.1) is 6.92 Å². The van der Waals surface area contributed by atoms with E-state index in [0.717, 1.165) is 5.56 Å². The first-order chi connectivity index (χ1) is 6.18. The number of amides is 1. The van der Waals surface area contributed by atoms with E-state index in [1.54, 1.807) is 6.07 Å². The van der Waals surface area contributed by atoms with Crippen molar-refractivity contribution in [2.75, 3.05) is 11.9 Å². The van der Waals surface area contributed by atoms with Gasteiger partial charge in [0.05, 0.1) is 5.02 Å². The summed E-state index contributed by atoms with van der Waals surface area (Å²) in [5.41, 5.74) is 1.50. The van der Waals surface area contributed by atoms with E-state index < -0.39 is 0 Å². The number of hydrogen-bond acceptors (Lipinski definition) is 2. The molecular weight excluding hydrogens is 190 g/mol.